The van der Waals surface area contributed by atoms with Crippen LogP contribution in [0.25, 0.3) is 0 Å². The van der Waals surface area contributed by atoms with Crippen molar-refractivity contribution in [3.8, 4) is 11.5 Å². The Bertz CT molecular complexity index is 420. The van der Waals surface area contributed by atoms with E-state index in [1.165, 1.54) is 0 Å². The van der Waals surface area contributed by atoms with Gasteiger partial charge in [-0.2, -0.15) is 0 Å². The molecule has 2 N–H and O–H groups in total. The van der Waals surface area contributed by atoms with Crippen molar-refractivity contribution in [1.29, 1.82) is 0 Å². The van der Waals surface area contributed by atoms with Crippen LogP contribution >= 0.6 is 0 Å². The third-order valence-electron chi connectivity index (χ3n) is 5.54. The van der Waals surface area contributed by atoms with Crippen molar-refractivity contribution in [2.24, 2.45) is 0 Å². The van der Waals surface area contributed by atoms with Gasteiger partial charge in [0.1, 0.15) is 11.5 Å². The van der Waals surface area contributed by atoms with E-state index < -0.39 is 16.1 Å². The molecular formula is C16H30O2Si2. The van der Waals surface area contributed by atoms with Gasteiger partial charge < -0.3 is 10.2 Å². The second-order valence-electron chi connectivity index (χ2n) is 6.42. The van der Waals surface area contributed by atoms with E-state index in [2.05, 4.69) is 40.8 Å². The van der Waals surface area contributed by atoms with E-state index in [-0.39, 0.29) is 0 Å². The predicted molar refractivity (Wildman–Crippen MR) is 94.2 cm³/mol. The molecule has 0 spiro atoms. The third-order valence-corrected chi connectivity index (χ3v) is 15.2. The number of hydrogen-bond acceptors (Lipinski definition) is 2. The molecule has 2 nitrogen and oxygen atoms in total. The van der Waals surface area contributed by atoms with Crippen LogP contribution in [0.1, 0.15) is 27.7 Å². The molecule has 1 aromatic carbocycles. The number of phenolic OH excluding ortho intramolecular Hbond substituents is 2. The van der Waals surface area contributed by atoms with Crippen LogP contribution in [0.5, 0.6) is 11.5 Å². The van der Waals surface area contributed by atoms with Gasteiger partial charge in [-0.15, -0.1) is 0 Å². The molecule has 4 heteroatoms. The standard InChI is InChI=1S/C16H30O2Si2/c1-7-19(5,8-2)15-11-14(18)16(12-13(15)17)20(6,9-3)10-4/h11-12,17-18H,7-10H2,1-6H3. The molecule has 0 fully saturated rings. The van der Waals surface area contributed by atoms with Gasteiger partial charge in [-0.05, 0) is 22.5 Å². The first-order chi connectivity index (χ1) is 9.27. The van der Waals surface area contributed by atoms with Gasteiger partial charge in [0, 0.05) is 0 Å². The number of hydrogen-bond donors (Lipinski definition) is 2. The maximum atomic E-state index is 10.5. The van der Waals surface area contributed by atoms with E-state index in [9.17, 15) is 10.2 Å². The molecule has 0 aliphatic rings. The summed E-state index contributed by atoms with van der Waals surface area (Å²) in [6.07, 6.45) is 0. The van der Waals surface area contributed by atoms with E-state index >= 15 is 0 Å². The van der Waals surface area contributed by atoms with E-state index in [0.29, 0.717) is 11.5 Å². The Hall–Kier alpha value is -0.746. The highest BCUT2D eigenvalue weighted by Crippen LogP contribution is 2.26. The molecule has 0 saturated heterocycles. The summed E-state index contributed by atoms with van der Waals surface area (Å²) in [6.45, 7) is 13.3. The lowest BCUT2D eigenvalue weighted by Crippen LogP contribution is -2.47. The second kappa shape index (κ2) is 6.35. The fourth-order valence-corrected chi connectivity index (χ4v) is 7.68. The molecule has 0 atom stereocenters. The lowest BCUT2D eigenvalue weighted by Gasteiger charge is -2.30. The van der Waals surface area contributed by atoms with Crippen LogP contribution in [0.3, 0.4) is 0 Å². The fraction of sp³-hybridized carbons (Fsp3) is 0.625. The predicted octanol–water partition coefficient (Wildman–Crippen LogP) is 3.75. The lowest BCUT2D eigenvalue weighted by molar-refractivity contribution is 0.466. The van der Waals surface area contributed by atoms with Gasteiger partial charge in [0.2, 0.25) is 0 Å². The van der Waals surface area contributed by atoms with Crippen molar-refractivity contribution in [2.45, 2.75) is 65.0 Å². The molecule has 0 aliphatic carbocycles. The monoisotopic (exact) mass is 310 g/mol. The Balaban J connectivity index is 3.43. The molecule has 0 bridgehead atoms. The summed E-state index contributed by atoms with van der Waals surface area (Å²) < 4.78 is 0. The van der Waals surface area contributed by atoms with Gasteiger partial charge in [0.25, 0.3) is 0 Å². The highest BCUT2D eigenvalue weighted by molar-refractivity contribution is 6.93. The number of aromatic hydroxyl groups is 2. The Kier molecular flexibility index (Phi) is 5.49. The van der Waals surface area contributed by atoms with Crippen LogP contribution in [-0.2, 0) is 0 Å². The van der Waals surface area contributed by atoms with Crippen molar-refractivity contribution >= 4 is 26.5 Å². The molecule has 1 aromatic rings. The molecule has 20 heavy (non-hydrogen) atoms. The zero-order valence-electron chi connectivity index (χ0n) is 13.9. The highest BCUT2D eigenvalue weighted by atomic mass is 28.3. The minimum Gasteiger partial charge on any atom is -0.508 e. The van der Waals surface area contributed by atoms with Gasteiger partial charge in [-0.1, -0.05) is 65.0 Å². The molecule has 0 radical (unpaired) electrons. The SMILES string of the molecule is CC[Si](C)(CC)c1cc(O)c([Si](C)(CC)CC)cc1O. The summed E-state index contributed by atoms with van der Waals surface area (Å²) in [6, 6.07) is 8.11. The molecule has 0 amide bonds. The van der Waals surface area contributed by atoms with Crippen LogP contribution in [0, 0.1) is 0 Å². The minimum absolute atomic E-state index is 0.413. The van der Waals surface area contributed by atoms with Gasteiger partial charge in [-0.3, -0.25) is 0 Å². The van der Waals surface area contributed by atoms with Gasteiger partial charge in [-0.25, -0.2) is 0 Å². The Morgan fingerprint density at radius 2 is 0.950 bits per heavy atom. The van der Waals surface area contributed by atoms with Crippen LogP contribution in [0.4, 0.5) is 0 Å². The zero-order valence-corrected chi connectivity index (χ0v) is 15.9. The first-order valence-corrected chi connectivity index (χ1v) is 13.7. The van der Waals surface area contributed by atoms with Gasteiger partial charge >= 0.3 is 0 Å². The molecule has 0 saturated carbocycles. The van der Waals surface area contributed by atoms with E-state index in [0.717, 1.165) is 34.5 Å². The van der Waals surface area contributed by atoms with Gasteiger partial charge in [0.15, 0.2) is 0 Å². The van der Waals surface area contributed by atoms with Crippen molar-refractivity contribution in [3.63, 3.8) is 0 Å². The third kappa shape index (κ3) is 2.96. The maximum absolute atomic E-state index is 10.5. The lowest BCUT2D eigenvalue weighted by atomic mass is 10.3. The smallest absolute Gasteiger partial charge is 0.114 e. The molecule has 0 unspecified atom stereocenters. The molecule has 1 rings (SSSR count). The first kappa shape index (κ1) is 17.3. The van der Waals surface area contributed by atoms with E-state index in [4.69, 9.17) is 0 Å². The van der Waals surface area contributed by atoms with E-state index in [1.807, 2.05) is 12.1 Å². The topological polar surface area (TPSA) is 40.5 Å². The van der Waals surface area contributed by atoms with Crippen LogP contribution in [0.15, 0.2) is 12.1 Å². The summed E-state index contributed by atoms with van der Waals surface area (Å²) in [5.41, 5.74) is 0. The van der Waals surface area contributed by atoms with E-state index in [1.54, 1.807) is 0 Å². The Morgan fingerprint density at radius 1 is 0.700 bits per heavy atom. The van der Waals surface area contributed by atoms with Crippen molar-refractivity contribution in [1.82, 2.24) is 0 Å². The number of rotatable bonds is 6. The number of benzene rings is 1. The molecule has 0 aliphatic heterocycles. The molecule has 0 aromatic heterocycles. The fourth-order valence-electron chi connectivity index (χ4n) is 2.81. The summed E-state index contributed by atoms with van der Waals surface area (Å²) in [7, 11) is -3.29. The van der Waals surface area contributed by atoms with Crippen molar-refractivity contribution in [3.05, 3.63) is 12.1 Å². The average Bonchev–Trinajstić information content (AvgIpc) is 2.47. The van der Waals surface area contributed by atoms with Crippen LogP contribution in [0.2, 0.25) is 37.3 Å². The summed E-state index contributed by atoms with van der Waals surface area (Å²) in [5.74, 6) is 0.826. The Labute approximate surface area is 125 Å². The van der Waals surface area contributed by atoms with Crippen molar-refractivity contribution in [2.75, 3.05) is 0 Å². The molecular weight excluding hydrogens is 280 g/mol. The zero-order chi connectivity index (χ0) is 15.6. The first-order valence-electron chi connectivity index (χ1n) is 7.84. The largest absolute Gasteiger partial charge is 0.508 e. The second-order valence-corrected chi connectivity index (χ2v) is 16.6. The quantitative estimate of drug-likeness (QED) is 0.620. The van der Waals surface area contributed by atoms with Crippen molar-refractivity contribution < 1.29 is 10.2 Å². The average molecular weight is 311 g/mol. The highest BCUT2D eigenvalue weighted by Gasteiger charge is 2.33. The summed E-state index contributed by atoms with van der Waals surface area (Å²) in [4.78, 5) is 0. The van der Waals surface area contributed by atoms with Crippen LogP contribution in [-0.4, -0.2) is 26.4 Å². The summed E-state index contributed by atoms with van der Waals surface area (Å²) in [5, 5.41) is 23.1. The maximum Gasteiger partial charge on any atom is 0.114 e. The summed E-state index contributed by atoms with van der Waals surface area (Å²) >= 11 is 0. The normalized spacial score (nSPS) is 12.7. The molecule has 0 heterocycles. The minimum atomic E-state index is -1.65. The number of phenols is 2. The van der Waals surface area contributed by atoms with Crippen LogP contribution < -0.4 is 10.4 Å². The Morgan fingerprint density at radius 3 is 1.15 bits per heavy atom. The molecule has 114 valence electrons. The van der Waals surface area contributed by atoms with Gasteiger partial charge in [0.05, 0.1) is 16.1 Å².